The Labute approximate surface area is 140 Å². The molecule has 0 N–H and O–H groups in total. The molecule has 120 valence electrons. The Bertz CT molecular complexity index is 540. The number of rotatable bonds is 7. The highest BCUT2D eigenvalue weighted by Gasteiger charge is 2.26. The molecule has 2 heterocycles. The molecule has 0 saturated carbocycles. The third kappa shape index (κ3) is 5.37. The summed E-state index contributed by atoms with van der Waals surface area (Å²) in [5.41, 5.74) is 0. The maximum Gasteiger partial charge on any atom is 0.214 e. The predicted molar refractivity (Wildman–Crippen MR) is 89.9 cm³/mol. The predicted octanol–water partition coefficient (Wildman–Crippen LogP) is 2.87. The summed E-state index contributed by atoms with van der Waals surface area (Å²) < 4.78 is 26.8. The smallest absolute Gasteiger partial charge is 0.214 e. The molecule has 1 saturated heterocycles. The van der Waals surface area contributed by atoms with Crippen LogP contribution in [-0.2, 0) is 16.6 Å². The van der Waals surface area contributed by atoms with Crippen LogP contribution in [0.5, 0.6) is 0 Å². The summed E-state index contributed by atoms with van der Waals surface area (Å²) in [6.07, 6.45) is 1.39. The lowest BCUT2D eigenvalue weighted by atomic mass is 10.3. The molecule has 0 amide bonds. The van der Waals surface area contributed by atoms with Gasteiger partial charge >= 0.3 is 0 Å². The number of thiophene rings is 1. The number of hydrogen-bond acceptors (Lipinski definition) is 4. The second kappa shape index (κ2) is 8.13. The normalized spacial score (nSPS) is 18.2. The van der Waals surface area contributed by atoms with Crippen molar-refractivity contribution in [1.82, 2.24) is 9.21 Å². The molecule has 0 spiro atoms. The van der Waals surface area contributed by atoms with E-state index < -0.39 is 10.0 Å². The summed E-state index contributed by atoms with van der Waals surface area (Å²) >= 11 is 13.1. The minimum atomic E-state index is -3.12. The lowest BCUT2D eigenvalue weighted by Gasteiger charge is -2.33. The zero-order chi connectivity index (χ0) is 15.3. The van der Waals surface area contributed by atoms with E-state index in [0.717, 1.165) is 30.4 Å². The van der Waals surface area contributed by atoms with Gasteiger partial charge in [0.2, 0.25) is 10.0 Å². The van der Waals surface area contributed by atoms with Crippen molar-refractivity contribution in [2.45, 2.75) is 19.4 Å². The Kier molecular flexibility index (Phi) is 6.78. The highest BCUT2D eigenvalue weighted by molar-refractivity contribution is 7.89. The van der Waals surface area contributed by atoms with Gasteiger partial charge in [-0.3, -0.25) is 4.90 Å². The van der Waals surface area contributed by atoms with E-state index in [0.29, 0.717) is 25.4 Å². The lowest BCUT2D eigenvalue weighted by Crippen LogP contribution is -2.48. The molecule has 0 unspecified atom stereocenters. The molecule has 21 heavy (non-hydrogen) atoms. The van der Waals surface area contributed by atoms with Crippen molar-refractivity contribution in [2.75, 3.05) is 37.8 Å². The number of piperazine rings is 1. The second-order valence-corrected chi connectivity index (χ2v) is 9.36. The number of sulfonamides is 1. The Morgan fingerprint density at radius 1 is 1.14 bits per heavy atom. The van der Waals surface area contributed by atoms with Crippen molar-refractivity contribution in [3.05, 3.63) is 21.3 Å². The van der Waals surface area contributed by atoms with Gasteiger partial charge in [0.15, 0.2) is 0 Å². The second-order valence-electron chi connectivity index (χ2n) is 5.09. The van der Waals surface area contributed by atoms with Crippen molar-refractivity contribution in [3.8, 4) is 0 Å². The topological polar surface area (TPSA) is 40.6 Å². The maximum absolute atomic E-state index is 12.2. The summed E-state index contributed by atoms with van der Waals surface area (Å²) in [4.78, 5) is 3.49. The van der Waals surface area contributed by atoms with E-state index in [1.54, 1.807) is 15.6 Å². The fourth-order valence-electron chi connectivity index (χ4n) is 2.33. The fraction of sp³-hybridized carbons (Fsp3) is 0.692. The first-order chi connectivity index (χ1) is 10.0. The lowest BCUT2D eigenvalue weighted by molar-refractivity contribution is 0.183. The van der Waals surface area contributed by atoms with E-state index in [2.05, 4.69) is 4.90 Å². The summed E-state index contributed by atoms with van der Waals surface area (Å²) in [6.45, 7) is 3.52. The van der Waals surface area contributed by atoms with Gasteiger partial charge in [0, 0.05) is 43.5 Å². The van der Waals surface area contributed by atoms with E-state index in [1.807, 2.05) is 12.1 Å². The van der Waals surface area contributed by atoms with Gasteiger partial charge in [0.1, 0.15) is 0 Å². The molecular formula is C13H20Cl2N2O2S2. The van der Waals surface area contributed by atoms with Gasteiger partial charge in [0.05, 0.1) is 10.1 Å². The van der Waals surface area contributed by atoms with Crippen LogP contribution >= 0.6 is 34.5 Å². The van der Waals surface area contributed by atoms with Crippen LogP contribution < -0.4 is 0 Å². The molecular weight excluding hydrogens is 351 g/mol. The first-order valence-electron chi connectivity index (χ1n) is 7.01. The average Bonchev–Trinajstić information content (AvgIpc) is 2.85. The molecule has 1 aliphatic rings. The average molecular weight is 371 g/mol. The largest absolute Gasteiger partial charge is 0.296 e. The SMILES string of the molecule is O=S(=O)(CCCCCl)N1CCN(Cc2ccc(Cl)s2)CC1. The summed E-state index contributed by atoms with van der Waals surface area (Å²) in [6, 6.07) is 3.93. The quantitative estimate of drug-likeness (QED) is 0.547. The van der Waals surface area contributed by atoms with E-state index in [-0.39, 0.29) is 5.75 Å². The summed E-state index contributed by atoms with van der Waals surface area (Å²) in [5, 5.41) is 0. The Morgan fingerprint density at radius 2 is 1.86 bits per heavy atom. The van der Waals surface area contributed by atoms with Crippen LogP contribution in [0.3, 0.4) is 0 Å². The van der Waals surface area contributed by atoms with Gasteiger partial charge in [-0.2, -0.15) is 4.31 Å². The zero-order valence-corrected chi connectivity index (χ0v) is 14.9. The van der Waals surface area contributed by atoms with Gasteiger partial charge in [0.25, 0.3) is 0 Å². The van der Waals surface area contributed by atoms with E-state index >= 15 is 0 Å². The first kappa shape index (κ1) is 17.5. The van der Waals surface area contributed by atoms with Gasteiger partial charge in [-0.15, -0.1) is 22.9 Å². The van der Waals surface area contributed by atoms with E-state index in [9.17, 15) is 8.42 Å². The van der Waals surface area contributed by atoms with Crippen LogP contribution in [0.4, 0.5) is 0 Å². The number of hydrogen-bond donors (Lipinski definition) is 0. The molecule has 1 fully saturated rings. The van der Waals surface area contributed by atoms with Gasteiger partial charge in [-0.05, 0) is 25.0 Å². The summed E-state index contributed by atoms with van der Waals surface area (Å²) in [5.74, 6) is 0.729. The maximum atomic E-state index is 12.2. The van der Waals surface area contributed by atoms with Crippen LogP contribution in [0.15, 0.2) is 12.1 Å². The number of halogens is 2. The highest BCUT2D eigenvalue weighted by atomic mass is 35.5. The minimum Gasteiger partial charge on any atom is -0.296 e. The number of alkyl halides is 1. The first-order valence-corrected chi connectivity index (χ1v) is 10.4. The van der Waals surface area contributed by atoms with Crippen LogP contribution in [0, 0.1) is 0 Å². The van der Waals surface area contributed by atoms with Crippen LogP contribution in [0.2, 0.25) is 4.34 Å². The third-order valence-corrected chi connectivity index (χ3v) is 6.96. The van der Waals surface area contributed by atoms with Crippen LogP contribution in [-0.4, -0.2) is 55.4 Å². The molecule has 0 aromatic carbocycles. The van der Waals surface area contributed by atoms with Crippen LogP contribution in [0.1, 0.15) is 17.7 Å². The zero-order valence-electron chi connectivity index (χ0n) is 11.8. The van der Waals surface area contributed by atoms with Crippen molar-refractivity contribution in [2.24, 2.45) is 0 Å². The Morgan fingerprint density at radius 3 is 2.43 bits per heavy atom. The molecule has 0 atom stereocenters. The molecule has 2 rings (SSSR count). The molecule has 0 aliphatic carbocycles. The van der Waals surface area contributed by atoms with Gasteiger partial charge < -0.3 is 0 Å². The number of nitrogens with zero attached hydrogens (tertiary/aromatic N) is 2. The van der Waals surface area contributed by atoms with Crippen LogP contribution in [0.25, 0.3) is 0 Å². The van der Waals surface area contributed by atoms with Gasteiger partial charge in [-0.25, -0.2) is 8.42 Å². The standard InChI is InChI=1S/C13H20Cl2N2O2S2/c14-5-1-2-10-21(18,19)17-8-6-16(7-9-17)11-12-3-4-13(15)20-12/h3-4H,1-2,5-11H2. The minimum absolute atomic E-state index is 0.209. The molecule has 0 radical (unpaired) electrons. The fourth-order valence-corrected chi connectivity index (χ4v) is 5.20. The van der Waals surface area contributed by atoms with Crippen molar-refractivity contribution >= 4 is 44.6 Å². The molecule has 0 bridgehead atoms. The van der Waals surface area contributed by atoms with E-state index in [1.165, 1.54) is 4.88 Å². The number of unbranched alkanes of at least 4 members (excludes halogenated alkanes) is 1. The molecule has 1 aromatic heterocycles. The molecule has 4 nitrogen and oxygen atoms in total. The monoisotopic (exact) mass is 370 g/mol. The molecule has 1 aliphatic heterocycles. The van der Waals surface area contributed by atoms with Gasteiger partial charge in [-0.1, -0.05) is 11.6 Å². The Balaban J connectivity index is 1.79. The third-order valence-electron chi connectivity index (χ3n) is 3.52. The van der Waals surface area contributed by atoms with Crippen molar-refractivity contribution in [3.63, 3.8) is 0 Å². The molecule has 1 aromatic rings. The highest BCUT2D eigenvalue weighted by Crippen LogP contribution is 2.23. The summed E-state index contributed by atoms with van der Waals surface area (Å²) in [7, 11) is -3.12. The van der Waals surface area contributed by atoms with E-state index in [4.69, 9.17) is 23.2 Å². The van der Waals surface area contributed by atoms with Crippen molar-refractivity contribution in [1.29, 1.82) is 0 Å². The Hall–Kier alpha value is 0.150. The van der Waals surface area contributed by atoms with Crippen molar-refractivity contribution < 1.29 is 8.42 Å². The molecule has 8 heteroatoms.